The van der Waals surface area contributed by atoms with E-state index in [1.54, 1.807) is 0 Å². The number of unbranched alkanes of at least 4 members (excludes halogenated alkanes) is 1. The van der Waals surface area contributed by atoms with E-state index in [4.69, 9.17) is 10.5 Å². The molecule has 0 aliphatic heterocycles. The molecule has 0 saturated heterocycles. The fraction of sp³-hybridized carbons (Fsp3) is 0.562. The average molecular weight is 263 g/mol. The number of rotatable bonds is 8. The molecule has 2 unspecified atom stereocenters. The Kier molecular flexibility index (Phi) is 7.19. The van der Waals surface area contributed by atoms with Gasteiger partial charge in [0.25, 0.3) is 0 Å². The summed E-state index contributed by atoms with van der Waals surface area (Å²) in [6.07, 6.45) is 4.50. The second kappa shape index (κ2) is 8.70. The van der Waals surface area contributed by atoms with Gasteiger partial charge in [0.05, 0.1) is 6.61 Å². The molecule has 0 amide bonds. The van der Waals surface area contributed by atoms with Crippen LogP contribution in [0.25, 0.3) is 0 Å². The number of esters is 1. The minimum Gasteiger partial charge on any atom is -0.464 e. The molecular formula is C16H25NO2. The highest BCUT2D eigenvalue weighted by molar-refractivity contribution is 5.77. The summed E-state index contributed by atoms with van der Waals surface area (Å²) in [6, 6.07) is 8.67. The van der Waals surface area contributed by atoms with Crippen LogP contribution in [0.4, 0.5) is 0 Å². The molecule has 106 valence electrons. The number of carbonyl (C=O) groups is 1. The molecule has 2 N–H and O–H groups in total. The van der Waals surface area contributed by atoms with Crippen molar-refractivity contribution in [3.8, 4) is 0 Å². The van der Waals surface area contributed by atoms with Gasteiger partial charge in [-0.3, -0.25) is 0 Å². The van der Waals surface area contributed by atoms with Crippen molar-refractivity contribution in [3.05, 3.63) is 35.9 Å². The topological polar surface area (TPSA) is 52.3 Å². The minimum atomic E-state index is -0.676. The van der Waals surface area contributed by atoms with E-state index in [1.165, 1.54) is 12.8 Å². The summed E-state index contributed by atoms with van der Waals surface area (Å²) >= 11 is 0. The first kappa shape index (κ1) is 15.7. The molecule has 2 atom stereocenters. The molecule has 0 aliphatic carbocycles. The fourth-order valence-electron chi connectivity index (χ4n) is 1.98. The largest absolute Gasteiger partial charge is 0.464 e. The van der Waals surface area contributed by atoms with Crippen LogP contribution in [0.5, 0.6) is 0 Å². The molecule has 0 aromatic heterocycles. The lowest BCUT2D eigenvalue weighted by molar-refractivity contribution is -0.146. The van der Waals surface area contributed by atoms with E-state index in [-0.39, 0.29) is 5.97 Å². The Labute approximate surface area is 116 Å². The van der Waals surface area contributed by atoms with Crippen molar-refractivity contribution in [2.24, 2.45) is 11.7 Å². The first-order chi connectivity index (χ1) is 9.19. The molecule has 0 fully saturated rings. The summed E-state index contributed by atoms with van der Waals surface area (Å²) in [5.41, 5.74) is 6.69. The van der Waals surface area contributed by atoms with Gasteiger partial charge in [0.2, 0.25) is 0 Å². The van der Waals surface area contributed by atoms with Gasteiger partial charge in [-0.2, -0.15) is 0 Å². The van der Waals surface area contributed by atoms with Crippen LogP contribution < -0.4 is 5.73 Å². The van der Waals surface area contributed by atoms with Crippen LogP contribution in [-0.4, -0.2) is 12.6 Å². The molecule has 0 spiro atoms. The minimum absolute atomic E-state index is 0.332. The van der Waals surface area contributed by atoms with Crippen molar-refractivity contribution in [1.82, 2.24) is 0 Å². The zero-order valence-corrected chi connectivity index (χ0v) is 12.0. The molecule has 19 heavy (non-hydrogen) atoms. The highest BCUT2D eigenvalue weighted by atomic mass is 16.5. The van der Waals surface area contributed by atoms with E-state index in [2.05, 4.69) is 13.8 Å². The number of hydrogen-bond acceptors (Lipinski definition) is 3. The number of benzene rings is 1. The van der Waals surface area contributed by atoms with Gasteiger partial charge in [-0.15, -0.1) is 0 Å². The Bertz CT molecular complexity index is 364. The Morgan fingerprint density at radius 2 is 1.95 bits per heavy atom. The van der Waals surface area contributed by atoms with Crippen LogP contribution in [0.15, 0.2) is 30.3 Å². The molecule has 0 bridgehead atoms. The zero-order valence-electron chi connectivity index (χ0n) is 12.0. The van der Waals surface area contributed by atoms with Gasteiger partial charge < -0.3 is 10.5 Å². The van der Waals surface area contributed by atoms with Gasteiger partial charge in [0.15, 0.2) is 0 Å². The summed E-state index contributed by atoms with van der Waals surface area (Å²) in [4.78, 5) is 11.9. The van der Waals surface area contributed by atoms with Gasteiger partial charge in [0.1, 0.15) is 6.04 Å². The third-order valence-corrected chi connectivity index (χ3v) is 3.42. The van der Waals surface area contributed by atoms with Gasteiger partial charge in [0, 0.05) is 0 Å². The first-order valence-electron chi connectivity index (χ1n) is 7.16. The summed E-state index contributed by atoms with van der Waals surface area (Å²) < 4.78 is 5.34. The van der Waals surface area contributed by atoms with Crippen LogP contribution in [0, 0.1) is 5.92 Å². The lowest BCUT2D eigenvalue weighted by Gasteiger charge is -2.17. The van der Waals surface area contributed by atoms with E-state index in [1.807, 2.05) is 30.3 Å². The normalized spacial score (nSPS) is 13.8. The predicted molar refractivity (Wildman–Crippen MR) is 77.6 cm³/mol. The zero-order chi connectivity index (χ0) is 14.1. The molecule has 3 heteroatoms. The van der Waals surface area contributed by atoms with Gasteiger partial charge in [-0.05, 0) is 17.9 Å². The summed E-state index contributed by atoms with van der Waals surface area (Å²) in [5, 5.41) is 0. The van der Waals surface area contributed by atoms with E-state index < -0.39 is 6.04 Å². The van der Waals surface area contributed by atoms with Crippen molar-refractivity contribution < 1.29 is 9.53 Å². The molecule has 0 saturated carbocycles. The fourth-order valence-corrected chi connectivity index (χ4v) is 1.98. The molecule has 0 radical (unpaired) electrons. The lowest BCUT2D eigenvalue weighted by Crippen LogP contribution is -2.25. The Morgan fingerprint density at radius 1 is 1.26 bits per heavy atom. The summed E-state index contributed by atoms with van der Waals surface area (Å²) in [7, 11) is 0. The number of carbonyl (C=O) groups excluding carboxylic acids is 1. The van der Waals surface area contributed by atoms with E-state index in [9.17, 15) is 4.79 Å². The monoisotopic (exact) mass is 263 g/mol. The van der Waals surface area contributed by atoms with Crippen molar-refractivity contribution >= 4 is 5.97 Å². The molecule has 0 heterocycles. The van der Waals surface area contributed by atoms with E-state index in [0.29, 0.717) is 12.5 Å². The smallest absolute Gasteiger partial charge is 0.327 e. The Balaban J connectivity index is 2.42. The van der Waals surface area contributed by atoms with E-state index in [0.717, 1.165) is 18.4 Å². The lowest BCUT2D eigenvalue weighted by atomic mass is 10.0. The van der Waals surface area contributed by atoms with Gasteiger partial charge >= 0.3 is 5.97 Å². The van der Waals surface area contributed by atoms with Gasteiger partial charge in [-0.1, -0.05) is 63.4 Å². The van der Waals surface area contributed by atoms with Crippen LogP contribution >= 0.6 is 0 Å². The summed E-state index contributed by atoms with van der Waals surface area (Å²) in [6.45, 7) is 4.78. The quantitative estimate of drug-likeness (QED) is 0.731. The maximum Gasteiger partial charge on any atom is 0.327 e. The maximum absolute atomic E-state index is 11.9. The predicted octanol–water partition coefficient (Wildman–Crippen LogP) is 3.45. The van der Waals surface area contributed by atoms with Crippen LogP contribution in [0.1, 0.15) is 51.1 Å². The van der Waals surface area contributed by atoms with Crippen LogP contribution in [-0.2, 0) is 9.53 Å². The van der Waals surface area contributed by atoms with Crippen molar-refractivity contribution in [2.45, 2.75) is 45.6 Å². The Hall–Kier alpha value is -1.35. The van der Waals surface area contributed by atoms with Gasteiger partial charge in [-0.25, -0.2) is 4.79 Å². The molecule has 3 nitrogen and oxygen atoms in total. The average Bonchev–Trinajstić information content (AvgIpc) is 2.47. The van der Waals surface area contributed by atoms with Crippen molar-refractivity contribution in [2.75, 3.05) is 6.61 Å². The second-order valence-corrected chi connectivity index (χ2v) is 4.93. The standard InChI is InChI=1S/C16H25NO2/c1-3-5-9-13(4-2)12-19-16(18)15(17)14-10-7-6-8-11-14/h6-8,10-11,13,15H,3-5,9,12,17H2,1-2H3. The number of ether oxygens (including phenoxy) is 1. The number of hydrogen-bond donors (Lipinski definition) is 1. The SMILES string of the molecule is CCCCC(CC)COC(=O)C(N)c1ccccc1. The third kappa shape index (κ3) is 5.43. The van der Waals surface area contributed by atoms with Crippen molar-refractivity contribution in [1.29, 1.82) is 0 Å². The van der Waals surface area contributed by atoms with Crippen molar-refractivity contribution in [3.63, 3.8) is 0 Å². The van der Waals surface area contributed by atoms with Crippen LogP contribution in [0.2, 0.25) is 0 Å². The molecule has 0 aliphatic rings. The second-order valence-electron chi connectivity index (χ2n) is 4.93. The molecular weight excluding hydrogens is 238 g/mol. The highest BCUT2D eigenvalue weighted by Crippen LogP contribution is 2.15. The Morgan fingerprint density at radius 3 is 2.53 bits per heavy atom. The molecule has 1 aromatic carbocycles. The molecule has 1 aromatic rings. The summed E-state index contributed by atoms with van der Waals surface area (Å²) in [5.74, 6) is 0.119. The third-order valence-electron chi connectivity index (χ3n) is 3.42. The highest BCUT2D eigenvalue weighted by Gasteiger charge is 2.18. The first-order valence-corrected chi connectivity index (χ1v) is 7.16. The maximum atomic E-state index is 11.9. The molecule has 1 rings (SSSR count). The number of nitrogens with two attached hydrogens (primary N) is 1. The van der Waals surface area contributed by atoms with Crippen LogP contribution in [0.3, 0.4) is 0 Å². The van der Waals surface area contributed by atoms with E-state index >= 15 is 0 Å².